The van der Waals surface area contributed by atoms with Crippen molar-refractivity contribution in [3.05, 3.63) is 35.1 Å². The Hall–Kier alpha value is -1.70. The number of hydrogen-bond donors (Lipinski definition) is 4. The van der Waals surface area contributed by atoms with Crippen LogP contribution >= 0.6 is 0 Å². The third kappa shape index (κ3) is 4.13. The van der Waals surface area contributed by atoms with Crippen LogP contribution in [0.3, 0.4) is 0 Å². The second-order valence-corrected chi connectivity index (χ2v) is 5.23. The number of oxime groups is 1. The predicted octanol–water partition coefficient (Wildman–Crippen LogP) is 0.551. The first-order chi connectivity index (χ1) is 10.0. The summed E-state index contributed by atoms with van der Waals surface area (Å²) in [6, 6.07) is 4.37. The van der Waals surface area contributed by atoms with Crippen LogP contribution < -0.4 is 11.1 Å². The summed E-state index contributed by atoms with van der Waals surface area (Å²) in [4.78, 5) is 0. The maximum absolute atomic E-state index is 13.9. The molecule has 2 rings (SSSR count). The number of nitrogens with two attached hydrogens (primary N) is 1. The smallest absolute Gasteiger partial charge is 0.170 e. The summed E-state index contributed by atoms with van der Waals surface area (Å²) in [5, 5.41) is 24.7. The molecule has 1 aliphatic rings. The molecule has 116 valence electrons. The Labute approximate surface area is 122 Å². The third-order valence-corrected chi connectivity index (χ3v) is 3.65. The van der Waals surface area contributed by atoms with Crippen LogP contribution in [-0.4, -0.2) is 41.5 Å². The number of ether oxygens (including phenoxy) is 1. The number of aliphatic hydroxyl groups is 1. The molecule has 0 unspecified atom stereocenters. The molecule has 1 aromatic rings. The van der Waals surface area contributed by atoms with E-state index in [1.165, 1.54) is 6.07 Å². The average molecular weight is 297 g/mol. The molecule has 1 heterocycles. The first-order valence-electron chi connectivity index (χ1n) is 6.81. The van der Waals surface area contributed by atoms with Crippen molar-refractivity contribution in [3.8, 4) is 0 Å². The van der Waals surface area contributed by atoms with Crippen LogP contribution in [0.1, 0.15) is 24.0 Å². The van der Waals surface area contributed by atoms with Gasteiger partial charge in [-0.05, 0) is 6.07 Å². The van der Waals surface area contributed by atoms with Gasteiger partial charge in [0.05, 0.1) is 5.60 Å². The highest BCUT2D eigenvalue weighted by atomic mass is 19.1. The topological polar surface area (TPSA) is 100 Å². The minimum atomic E-state index is -0.789. The molecule has 5 N–H and O–H groups in total. The Morgan fingerprint density at radius 2 is 2.14 bits per heavy atom. The minimum absolute atomic E-state index is 0.134. The zero-order valence-electron chi connectivity index (χ0n) is 11.7. The predicted molar refractivity (Wildman–Crippen MR) is 75.6 cm³/mol. The highest BCUT2D eigenvalue weighted by Gasteiger charge is 2.29. The molecule has 1 saturated heterocycles. The fourth-order valence-corrected chi connectivity index (χ4v) is 2.27. The summed E-state index contributed by atoms with van der Waals surface area (Å²) in [5.41, 5.74) is 5.39. The van der Waals surface area contributed by atoms with Gasteiger partial charge in [0, 0.05) is 50.3 Å². The van der Waals surface area contributed by atoms with Crippen LogP contribution in [0.5, 0.6) is 0 Å². The highest BCUT2D eigenvalue weighted by molar-refractivity contribution is 5.97. The van der Waals surface area contributed by atoms with Crippen LogP contribution in [0.2, 0.25) is 0 Å². The van der Waals surface area contributed by atoms with E-state index in [9.17, 15) is 9.50 Å². The molecule has 1 fully saturated rings. The summed E-state index contributed by atoms with van der Waals surface area (Å²) in [5.74, 6) is -0.574. The maximum Gasteiger partial charge on any atom is 0.170 e. The van der Waals surface area contributed by atoms with Crippen molar-refractivity contribution >= 4 is 5.84 Å². The lowest BCUT2D eigenvalue weighted by atomic mass is 9.94. The van der Waals surface area contributed by atoms with Gasteiger partial charge in [-0.2, -0.15) is 0 Å². The van der Waals surface area contributed by atoms with Crippen molar-refractivity contribution in [1.29, 1.82) is 0 Å². The van der Waals surface area contributed by atoms with E-state index in [2.05, 4.69) is 10.5 Å². The molecule has 0 aromatic heterocycles. The van der Waals surface area contributed by atoms with Gasteiger partial charge in [-0.3, -0.25) is 0 Å². The molecule has 21 heavy (non-hydrogen) atoms. The Balaban J connectivity index is 1.91. The lowest BCUT2D eigenvalue weighted by molar-refractivity contribution is -0.0617. The molecule has 6 nitrogen and oxygen atoms in total. The lowest BCUT2D eigenvalue weighted by Gasteiger charge is -2.32. The second-order valence-electron chi connectivity index (χ2n) is 5.23. The quantitative estimate of drug-likeness (QED) is 0.275. The summed E-state index contributed by atoms with van der Waals surface area (Å²) >= 11 is 0. The number of benzene rings is 1. The lowest BCUT2D eigenvalue weighted by Crippen LogP contribution is -2.44. The molecule has 1 aliphatic heterocycles. The van der Waals surface area contributed by atoms with Gasteiger partial charge in [0.2, 0.25) is 0 Å². The van der Waals surface area contributed by atoms with E-state index in [1.54, 1.807) is 12.1 Å². The number of amidine groups is 1. The summed E-state index contributed by atoms with van der Waals surface area (Å²) < 4.78 is 19.1. The number of halogens is 1. The van der Waals surface area contributed by atoms with E-state index < -0.39 is 11.4 Å². The Kier molecular flexibility index (Phi) is 5.11. The Bertz CT molecular complexity index is 516. The number of nitrogens with one attached hydrogen (secondary N) is 1. The highest BCUT2D eigenvalue weighted by Crippen LogP contribution is 2.19. The molecule has 0 amide bonds. The first-order valence-corrected chi connectivity index (χ1v) is 6.81. The van der Waals surface area contributed by atoms with Crippen LogP contribution in [0.15, 0.2) is 23.4 Å². The van der Waals surface area contributed by atoms with E-state index in [4.69, 9.17) is 15.7 Å². The van der Waals surface area contributed by atoms with Crippen molar-refractivity contribution in [2.45, 2.75) is 25.0 Å². The number of hydrogen-bond acceptors (Lipinski definition) is 5. The standard InChI is InChI=1S/C14H20FN3O3/c15-12-7-10(13(16)18-20)1-2-11(12)8-17-9-14(19)3-5-21-6-4-14/h1-2,7,17,19-20H,3-6,8-9H2,(H2,16,18). The first kappa shape index (κ1) is 15.7. The molecule has 0 spiro atoms. The second kappa shape index (κ2) is 6.84. The van der Waals surface area contributed by atoms with Crippen LogP contribution in [-0.2, 0) is 11.3 Å². The molecular formula is C14H20FN3O3. The molecule has 1 aromatic carbocycles. The van der Waals surface area contributed by atoms with Crippen LogP contribution in [0.4, 0.5) is 4.39 Å². The summed E-state index contributed by atoms with van der Waals surface area (Å²) in [6.45, 7) is 1.77. The third-order valence-electron chi connectivity index (χ3n) is 3.65. The van der Waals surface area contributed by atoms with Gasteiger partial charge in [-0.15, -0.1) is 0 Å². The van der Waals surface area contributed by atoms with Crippen molar-refractivity contribution < 1.29 is 19.4 Å². The molecule has 7 heteroatoms. The maximum atomic E-state index is 13.9. The van der Waals surface area contributed by atoms with Gasteiger partial charge in [-0.1, -0.05) is 17.3 Å². The number of nitrogens with zero attached hydrogens (tertiary/aromatic N) is 1. The van der Waals surface area contributed by atoms with E-state index in [0.29, 0.717) is 50.3 Å². The van der Waals surface area contributed by atoms with Crippen LogP contribution in [0.25, 0.3) is 0 Å². The van der Waals surface area contributed by atoms with Crippen LogP contribution in [0, 0.1) is 5.82 Å². The Morgan fingerprint density at radius 3 is 2.76 bits per heavy atom. The largest absolute Gasteiger partial charge is 0.409 e. The van der Waals surface area contributed by atoms with Crippen molar-refractivity contribution in [2.24, 2.45) is 10.9 Å². The van der Waals surface area contributed by atoms with E-state index in [1.807, 2.05) is 0 Å². The molecule has 0 bridgehead atoms. The van der Waals surface area contributed by atoms with Crippen molar-refractivity contribution in [2.75, 3.05) is 19.8 Å². The van der Waals surface area contributed by atoms with Gasteiger partial charge in [0.1, 0.15) is 5.82 Å². The SMILES string of the molecule is N/C(=N/O)c1ccc(CNCC2(O)CCOCC2)c(F)c1. The average Bonchev–Trinajstić information content (AvgIpc) is 2.48. The van der Waals surface area contributed by atoms with Crippen molar-refractivity contribution in [1.82, 2.24) is 5.32 Å². The fraction of sp³-hybridized carbons (Fsp3) is 0.500. The van der Waals surface area contributed by atoms with Gasteiger partial charge < -0.3 is 26.1 Å². The number of rotatable bonds is 5. The van der Waals surface area contributed by atoms with E-state index in [0.717, 1.165) is 0 Å². The van der Waals surface area contributed by atoms with E-state index in [-0.39, 0.29) is 5.84 Å². The van der Waals surface area contributed by atoms with Crippen molar-refractivity contribution in [3.63, 3.8) is 0 Å². The normalized spacial score (nSPS) is 18.7. The Morgan fingerprint density at radius 1 is 1.43 bits per heavy atom. The monoisotopic (exact) mass is 297 g/mol. The zero-order valence-corrected chi connectivity index (χ0v) is 11.7. The van der Waals surface area contributed by atoms with Gasteiger partial charge in [0.15, 0.2) is 5.84 Å². The van der Waals surface area contributed by atoms with E-state index >= 15 is 0 Å². The minimum Gasteiger partial charge on any atom is -0.409 e. The van der Waals surface area contributed by atoms with Gasteiger partial charge >= 0.3 is 0 Å². The zero-order chi connectivity index (χ0) is 15.3. The molecule has 0 atom stereocenters. The molecular weight excluding hydrogens is 277 g/mol. The molecule has 0 aliphatic carbocycles. The summed E-state index contributed by atoms with van der Waals surface area (Å²) in [7, 11) is 0. The van der Waals surface area contributed by atoms with Gasteiger partial charge in [0.25, 0.3) is 0 Å². The summed E-state index contributed by atoms with van der Waals surface area (Å²) in [6.07, 6.45) is 1.15. The van der Waals surface area contributed by atoms with Gasteiger partial charge in [-0.25, -0.2) is 4.39 Å². The molecule has 0 radical (unpaired) electrons. The fourth-order valence-electron chi connectivity index (χ4n) is 2.27. The molecule has 0 saturated carbocycles.